The summed E-state index contributed by atoms with van der Waals surface area (Å²) in [5, 5.41) is 0.902. The molecule has 1 heterocycles. The largest absolute Gasteiger partial charge is 0.465 e. The third kappa shape index (κ3) is 1.64. The Morgan fingerprint density at radius 2 is 2.12 bits per heavy atom. The molecule has 0 N–H and O–H groups in total. The lowest BCUT2D eigenvalue weighted by molar-refractivity contribution is -0.0780. The summed E-state index contributed by atoms with van der Waals surface area (Å²) in [5.74, 6) is -0.313. The third-order valence-electron chi connectivity index (χ3n) is 3.11. The second kappa shape index (κ2) is 4.14. The summed E-state index contributed by atoms with van der Waals surface area (Å²) < 4.78 is 10.3. The Labute approximate surface area is 98.6 Å². The molecule has 1 aliphatic rings. The minimum atomic E-state index is -0.313. The van der Waals surface area contributed by atoms with Crippen LogP contribution in [0, 0.1) is 6.92 Å². The molecule has 0 radical (unpaired) electrons. The van der Waals surface area contributed by atoms with E-state index in [2.05, 4.69) is 4.98 Å². The fraction of sp³-hybridized carbons (Fsp3) is 0.636. The maximum Gasteiger partial charge on any atom is 0.349 e. The van der Waals surface area contributed by atoms with E-state index >= 15 is 0 Å². The van der Waals surface area contributed by atoms with Crippen molar-refractivity contribution in [2.75, 3.05) is 14.2 Å². The second-order valence-electron chi connectivity index (χ2n) is 3.98. The molecule has 0 atom stereocenters. The number of carbonyl (C=O) groups is 1. The van der Waals surface area contributed by atoms with Gasteiger partial charge in [0.05, 0.1) is 12.8 Å². The van der Waals surface area contributed by atoms with Crippen molar-refractivity contribution < 1.29 is 14.3 Å². The Morgan fingerprint density at radius 3 is 2.56 bits per heavy atom. The van der Waals surface area contributed by atoms with Crippen LogP contribution in [0.3, 0.4) is 0 Å². The summed E-state index contributed by atoms with van der Waals surface area (Å²) >= 11 is 1.39. The number of rotatable bonds is 3. The summed E-state index contributed by atoms with van der Waals surface area (Å²) in [6.45, 7) is 1.83. The Hall–Kier alpha value is -0.940. The Kier molecular flexibility index (Phi) is 2.99. The minimum absolute atomic E-state index is 0.248. The summed E-state index contributed by atoms with van der Waals surface area (Å²) in [4.78, 5) is 16.5. The summed E-state index contributed by atoms with van der Waals surface area (Å²) in [7, 11) is 3.09. The number of hydrogen-bond donors (Lipinski definition) is 0. The van der Waals surface area contributed by atoms with Gasteiger partial charge < -0.3 is 9.47 Å². The van der Waals surface area contributed by atoms with E-state index in [-0.39, 0.29) is 11.6 Å². The highest BCUT2D eigenvalue weighted by Crippen LogP contribution is 2.46. The first-order chi connectivity index (χ1) is 7.63. The zero-order chi connectivity index (χ0) is 11.8. The Morgan fingerprint density at radius 1 is 1.44 bits per heavy atom. The van der Waals surface area contributed by atoms with Crippen molar-refractivity contribution in [2.24, 2.45) is 0 Å². The fourth-order valence-electron chi connectivity index (χ4n) is 1.88. The Bertz CT molecular complexity index is 404. The highest BCUT2D eigenvalue weighted by molar-refractivity contribution is 7.13. The maximum atomic E-state index is 11.5. The zero-order valence-corrected chi connectivity index (χ0v) is 10.5. The molecule has 0 aromatic carbocycles. The molecule has 5 heteroatoms. The highest BCUT2D eigenvalue weighted by atomic mass is 32.1. The number of nitrogens with zero attached hydrogens (tertiary/aromatic N) is 1. The number of ether oxygens (including phenoxy) is 2. The average Bonchev–Trinajstić information content (AvgIpc) is 2.59. The van der Waals surface area contributed by atoms with Gasteiger partial charge in [-0.05, 0) is 26.2 Å². The van der Waals surface area contributed by atoms with Crippen LogP contribution in [0.2, 0.25) is 0 Å². The average molecular weight is 241 g/mol. The number of esters is 1. The highest BCUT2D eigenvalue weighted by Gasteiger charge is 2.42. The van der Waals surface area contributed by atoms with Crippen LogP contribution in [0.25, 0.3) is 0 Å². The molecule has 2 rings (SSSR count). The lowest BCUT2D eigenvalue weighted by Gasteiger charge is -2.38. The quantitative estimate of drug-likeness (QED) is 0.762. The molecule has 1 saturated carbocycles. The molecule has 0 unspecified atom stereocenters. The van der Waals surface area contributed by atoms with E-state index < -0.39 is 0 Å². The maximum absolute atomic E-state index is 11.5. The number of aryl methyl sites for hydroxylation is 1. The van der Waals surface area contributed by atoms with E-state index in [4.69, 9.17) is 9.47 Å². The van der Waals surface area contributed by atoms with Gasteiger partial charge in [0.15, 0.2) is 0 Å². The lowest BCUT2D eigenvalue weighted by Crippen LogP contribution is -2.35. The molecule has 1 fully saturated rings. The van der Waals surface area contributed by atoms with E-state index in [1.54, 1.807) is 7.11 Å². The summed E-state index contributed by atoms with van der Waals surface area (Å²) in [6.07, 6.45) is 3.12. The van der Waals surface area contributed by atoms with E-state index in [9.17, 15) is 4.79 Å². The molecular formula is C11H15NO3S. The van der Waals surface area contributed by atoms with E-state index in [1.165, 1.54) is 18.4 Å². The first-order valence-corrected chi connectivity index (χ1v) is 6.06. The van der Waals surface area contributed by atoms with Crippen molar-refractivity contribution in [3.8, 4) is 0 Å². The van der Waals surface area contributed by atoms with Gasteiger partial charge in [-0.3, -0.25) is 0 Å². The van der Waals surface area contributed by atoms with Crippen molar-refractivity contribution in [1.29, 1.82) is 0 Å². The van der Waals surface area contributed by atoms with Gasteiger partial charge in [-0.1, -0.05) is 0 Å². The summed E-state index contributed by atoms with van der Waals surface area (Å²) in [5.41, 5.74) is 0.483. The van der Waals surface area contributed by atoms with Gasteiger partial charge in [0.2, 0.25) is 0 Å². The normalized spacial score (nSPS) is 17.9. The first-order valence-electron chi connectivity index (χ1n) is 5.24. The molecule has 1 aromatic rings. The van der Waals surface area contributed by atoms with Crippen LogP contribution in [0.4, 0.5) is 0 Å². The molecule has 88 valence electrons. The number of hydrogen-bond acceptors (Lipinski definition) is 5. The minimum Gasteiger partial charge on any atom is -0.465 e. The number of carbonyl (C=O) groups excluding carboxylic acids is 1. The smallest absolute Gasteiger partial charge is 0.349 e. The molecule has 0 saturated heterocycles. The van der Waals surface area contributed by atoms with Crippen LogP contribution >= 0.6 is 11.3 Å². The van der Waals surface area contributed by atoms with Gasteiger partial charge in [0.1, 0.15) is 15.5 Å². The molecule has 0 spiro atoms. The monoisotopic (exact) mass is 241 g/mol. The number of methoxy groups -OCH3 is 2. The molecule has 0 aliphatic heterocycles. The molecule has 16 heavy (non-hydrogen) atoms. The van der Waals surface area contributed by atoms with Crippen molar-refractivity contribution in [3.63, 3.8) is 0 Å². The SMILES string of the molecule is COC(=O)c1sc(C2(OC)CCC2)nc1C. The van der Waals surface area contributed by atoms with Crippen LogP contribution in [0.1, 0.15) is 39.6 Å². The predicted octanol–water partition coefficient (Wildman–Crippen LogP) is 2.26. The van der Waals surface area contributed by atoms with Gasteiger partial charge >= 0.3 is 5.97 Å². The van der Waals surface area contributed by atoms with Crippen molar-refractivity contribution in [3.05, 3.63) is 15.6 Å². The van der Waals surface area contributed by atoms with Crippen LogP contribution in [0.15, 0.2) is 0 Å². The van der Waals surface area contributed by atoms with E-state index in [0.717, 1.165) is 30.0 Å². The lowest BCUT2D eigenvalue weighted by atomic mass is 9.80. The predicted molar refractivity (Wildman–Crippen MR) is 60.7 cm³/mol. The van der Waals surface area contributed by atoms with Crippen molar-refractivity contribution in [2.45, 2.75) is 31.8 Å². The van der Waals surface area contributed by atoms with Gasteiger partial charge in [-0.25, -0.2) is 9.78 Å². The zero-order valence-electron chi connectivity index (χ0n) is 9.70. The molecule has 0 amide bonds. The van der Waals surface area contributed by atoms with Crippen LogP contribution < -0.4 is 0 Å². The third-order valence-corrected chi connectivity index (χ3v) is 4.43. The second-order valence-corrected chi connectivity index (χ2v) is 4.98. The first kappa shape index (κ1) is 11.5. The van der Waals surface area contributed by atoms with Crippen LogP contribution in [-0.2, 0) is 15.1 Å². The van der Waals surface area contributed by atoms with Crippen LogP contribution in [-0.4, -0.2) is 25.2 Å². The molecule has 4 nitrogen and oxygen atoms in total. The fourth-order valence-corrected chi connectivity index (χ4v) is 3.09. The van der Waals surface area contributed by atoms with Gasteiger partial charge in [-0.2, -0.15) is 0 Å². The summed E-state index contributed by atoms with van der Waals surface area (Å²) in [6, 6.07) is 0. The molecular weight excluding hydrogens is 226 g/mol. The Balaban J connectivity index is 2.33. The molecule has 0 bridgehead atoms. The molecule has 1 aliphatic carbocycles. The standard InChI is InChI=1S/C11H15NO3S/c1-7-8(9(13)14-2)16-10(12-7)11(15-3)5-4-6-11/h4-6H2,1-3H3. The van der Waals surface area contributed by atoms with Crippen molar-refractivity contribution in [1.82, 2.24) is 4.98 Å². The van der Waals surface area contributed by atoms with Gasteiger partial charge in [0, 0.05) is 7.11 Å². The van der Waals surface area contributed by atoms with E-state index in [1.807, 2.05) is 6.92 Å². The van der Waals surface area contributed by atoms with E-state index in [0.29, 0.717) is 4.88 Å². The van der Waals surface area contributed by atoms with Crippen LogP contribution in [0.5, 0.6) is 0 Å². The van der Waals surface area contributed by atoms with Gasteiger partial charge in [-0.15, -0.1) is 11.3 Å². The van der Waals surface area contributed by atoms with Gasteiger partial charge in [0.25, 0.3) is 0 Å². The number of aromatic nitrogens is 1. The topological polar surface area (TPSA) is 48.4 Å². The number of thiazole rings is 1. The molecule has 1 aromatic heterocycles. The van der Waals surface area contributed by atoms with Crippen molar-refractivity contribution >= 4 is 17.3 Å².